The summed E-state index contributed by atoms with van der Waals surface area (Å²) in [5.74, 6) is 1.35. The van der Waals surface area contributed by atoms with Gasteiger partial charge < -0.3 is 5.32 Å². The Morgan fingerprint density at radius 1 is 1.16 bits per heavy atom. The van der Waals surface area contributed by atoms with E-state index in [1.54, 1.807) is 11.8 Å². The second kappa shape index (κ2) is 7.31. The Kier molecular flexibility index (Phi) is 5.42. The Morgan fingerprint density at radius 3 is 2.68 bits per heavy atom. The van der Waals surface area contributed by atoms with Crippen molar-refractivity contribution >= 4 is 29.3 Å². The average Bonchev–Trinajstić information content (AvgIpc) is 2.43. The molecule has 0 bridgehead atoms. The van der Waals surface area contributed by atoms with Crippen LogP contribution in [0.3, 0.4) is 0 Å². The number of thioether (sulfide) groups is 1. The normalized spacial score (nSPS) is 10.4. The number of nitrogens with one attached hydrogen (secondary N) is 1. The van der Waals surface area contributed by atoms with Crippen LogP contribution in [0, 0.1) is 0 Å². The Morgan fingerprint density at radius 2 is 1.95 bits per heavy atom. The first kappa shape index (κ1) is 14.1. The predicted octanol–water partition coefficient (Wildman–Crippen LogP) is 3.64. The molecule has 0 spiro atoms. The zero-order chi connectivity index (χ0) is 13.5. The maximum absolute atomic E-state index is 5.90. The third kappa shape index (κ3) is 4.69. The van der Waals surface area contributed by atoms with Gasteiger partial charge in [0.05, 0.1) is 0 Å². The maximum atomic E-state index is 5.90. The monoisotopic (exact) mass is 294 g/mol. The lowest BCUT2D eigenvalue weighted by Gasteiger charge is -2.05. The largest absolute Gasteiger partial charge is 0.354 e. The predicted molar refractivity (Wildman–Crippen MR) is 79.6 cm³/mol. The minimum atomic E-state index is 0.226. The van der Waals surface area contributed by atoms with Gasteiger partial charge in [0.25, 0.3) is 0 Å². The van der Waals surface area contributed by atoms with Gasteiger partial charge in [0.1, 0.15) is 0 Å². The molecule has 0 saturated heterocycles. The van der Waals surface area contributed by atoms with Crippen molar-refractivity contribution in [1.29, 1.82) is 0 Å². The number of rotatable bonds is 6. The van der Waals surface area contributed by atoms with E-state index in [-0.39, 0.29) is 5.28 Å². The van der Waals surface area contributed by atoms with Gasteiger partial charge in [0.2, 0.25) is 11.2 Å². The van der Waals surface area contributed by atoms with E-state index < -0.39 is 0 Å². The smallest absolute Gasteiger partial charge is 0.228 e. The number of halogens is 1. The molecule has 1 aromatic carbocycles. The number of hydrogen-bond donors (Lipinski definition) is 1. The number of hydrogen-bond acceptors (Lipinski definition) is 5. The summed E-state index contributed by atoms with van der Waals surface area (Å²) < 4.78 is 0. The molecular weight excluding hydrogens is 280 g/mol. The van der Waals surface area contributed by atoms with Gasteiger partial charge in [-0.1, -0.05) is 49.0 Å². The number of nitrogens with zero attached hydrogens (tertiary/aromatic N) is 3. The molecular formula is C13H15ClN4S. The summed E-state index contributed by atoms with van der Waals surface area (Å²) in [6.45, 7) is 2.91. The molecule has 2 rings (SSSR count). The van der Waals surface area contributed by atoms with E-state index in [1.165, 1.54) is 5.56 Å². The van der Waals surface area contributed by atoms with Gasteiger partial charge in [0, 0.05) is 12.3 Å². The van der Waals surface area contributed by atoms with E-state index in [4.69, 9.17) is 11.6 Å². The molecule has 6 heteroatoms. The van der Waals surface area contributed by atoms with Crippen molar-refractivity contribution in [3.63, 3.8) is 0 Å². The highest BCUT2D eigenvalue weighted by Gasteiger charge is 2.05. The Bertz CT molecular complexity index is 521. The van der Waals surface area contributed by atoms with Crippen molar-refractivity contribution in [2.24, 2.45) is 0 Å². The minimum Gasteiger partial charge on any atom is -0.354 e. The van der Waals surface area contributed by atoms with Crippen molar-refractivity contribution in [2.45, 2.75) is 24.3 Å². The lowest BCUT2D eigenvalue weighted by molar-refractivity contribution is 0.877. The zero-order valence-corrected chi connectivity index (χ0v) is 12.2. The molecule has 0 atom stereocenters. The average molecular weight is 295 g/mol. The van der Waals surface area contributed by atoms with Crippen LogP contribution in [-0.4, -0.2) is 21.5 Å². The van der Waals surface area contributed by atoms with Crippen molar-refractivity contribution in [1.82, 2.24) is 15.0 Å². The number of anilines is 1. The van der Waals surface area contributed by atoms with Crippen LogP contribution in [0.1, 0.15) is 18.9 Å². The molecule has 100 valence electrons. The van der Waals surface area contributed by atoms with Gasteiger partial charge in [-0.05, 0) is 23.6 Å². The third-order valence-corrected chi connectivity index (χ3v) is 3.42. The molecule has 0 aliphatic heterocycles. The van der Waals surface area contributed by atoms with Crippen molar-refractivity contribution < 1.29 is 0 Å². The van der Waals surface area contributed by atoms with Crippen LogP contribution in [0.2, 0.25) is 5.28 Å². The fourth-order valence-electron chi connectivity index (χ4n) is 1.43. The van der Waals surface area contributed by atoms with Crippen LogP contribution in [0.5, 0.6) is 0 Å². The summed E-state index contributed by atoms with van der Waals surface area (Å²) in [4.78, 5) is 12.5. The molecule has 2 aromatic rings. The topological polar surface area (TPSA) is 50.7 Å². The summed E-state index contributed by atoms with van der Waals surface area (Å²) in [5.41, 5.74) is 1.23. The van der Waals surface area contributed by atoms with Crippen molar-refractivity contribution in [2.75, 3.05) is 11.9 Å². The molecule has 1 heterocycles. The first-order valence-corrected chi connectivity index (χ1v) is 7.46. The van der Waals surface area contributed by atoms with Gasteiger partial charge in [0.15, 0.2) is 5.16 Å². The summed E-state index contributed by atoms with van der Waals surface area (Å²) in [6.07, 6.45) is 1.01. The zero-order valence-electron chi connectivity index (χ0n) is 10.6. The third-order valence-electron chi connectivity index (χ3n) is 2.33. The highest BCUT2D eigenvalue weighted by Crippen LogP contribution is 2.21. The molecule has 0 aliphatic carbocycles. The Labute approximate surface area is 122 Å². The quantitative estimate of drug-likeness (QED) is 0.824. The van der Waals surface area contributed by atoms with Gasteiger partial charge >= 0.3 is 0 Å². The van der Waals surface area contributed by atoms with E-state index >= 15 is 0 Å². The molecule has 0 saturated carbocycles. The summed E-state index contributed by atoms with van der Waals surface area (Å²) in [7, 11) is 0. The van der Waals surface area contributed by atoms with E-state index in [0.717, 1.165) is 18.7 Å². The molecule has 1 N–H and O–H groups in total. The first-order chi connectivity index (χ1) is 9.28. The first-order valence-electron chi connectivity index (χ1n) is 6.10. The van der Waals surface area contributed by atoms with Crippen LogP contribution < -0.4 is 5.32 Å². The Hall–Kier alpha value is -1.33. The van der Waals surface area contributed by atoms with Crippen molar-refractivity contribution in [3.05, 3.63) is 41.2 Å². The highest BCUT2D eigenvalue weighted by atomic mass is 35.5. The fraction of sp³-hybridized carbons (Fsp3) is 0.308. The van der Waals surface area contributed by atoms with Gasteiger partial charge in [-0.15, -0.1) is 0 Å². The SMILES string of the molecule is CCCNc1nc(Cl)nc(SCc2ccccc2)n1. The molecule has 1 aromatic heterocycles. The highest BCUT2D eigenvalue weighted by molar-refractivity contribution is 7.98. The molecule has 19 heavy (non-hydrogen) atoms. The van der Waals surface area contributed by atoms with E-state index in [9.17, 15) is 0 Å². The van der Waals surface area contributed by atoms with Crippen LogP contribution in [0.25, 0.3) is 0 Å². The molecule has 0 amide bonds. The van der Waals surface area contributed by atoms with Crippen molar-refractivity contribution in [3.8, 4) is 0 Å². The molecule has 4 nitrogen and oxygen atoms in total. The lowest BCUT2D eigenvalue weighted by Crippen LogP contribution is -2.06. The summed E-state index contributed by atoms with van der Waals surface area (Å²) in [5, 5.41) is 3.98. The second-order valence-corrected chi connectivity index (χ2v) is 5.19. The summed E-state index contributed by atoms with van der Waals surface area (Å²) >= 11 is 7.44. The van der Waals surface area contributed by atoms with Crippen LogP contribution >= 0.6 is 23.4 Å². The second-order valence-electron chi connectivity index (χ2n) is 3.91. The van der Waals surface area contributed by atoms with Crippen LogP contribution in [0.15, 0.2) is 35.5 Å². The summed E-state index contributed by atoms with van der Waals surface area (Å²) in [6, 6.07) is 10.2. The van der Waals surface area contributed by atoms with E-state index in [2.05, 4.69) is 39.3 Å². The van der Waals surface area contributed by atoms with Crippen LogP contribution in [0.4, 0.5) is 5.95 Å². The standard InChI is InChI=1S/C13H15ClN4S/c1-2-8-15-12-16-11(14)17-13(18-12)19-9-10-6-4-3-5-7-10/h3-7H,2,8-9H2,1H3,(H,15,16,17,18). The van der Waals surface area contributed by atoms with Gasteiger partial charge in [-0.3, -0.25) is 0 Å². The van der Waals surface area contributed by atoms with E-state index in [0.29, 0.717) is 11.1 Å². The molecule has 0 radical (unpaired) electrons. The van der Waals surface area contributed by atoms with Gasteiger partial charge in [-0.2, -0.15) is 15.0 Å². The molecule has 0 aliphatic rings. The van der Waals surface area contributed by atoms with Gasteiger partial charge in [-0.25, -0.2) is 0 Å². The Balaban J connectivity index is 2.01. The fourth-order valence-corrected chi connectivity index (χ4v) is 2.43. The molecule has 0 fully saturated rings. The maximum Gasteiger partial charge on any atom is 0.228 e. The number of aromatic nitrogens is 3. The lowest BCUT2D eigenvalue weighted by atomic mass is 10.2. The van der Waals surface area contributed by atoms with Crippen LogP contribution in [-0.2, 0) is 5.75 Å². The number of benzene rings is 1. The van der Waals surface area contributed by atoms with E-state index in [1.807, 2.05) is 18.2 Å². The molecule has 0 unspecified atom stereocenters. The minimum absolute atomic E-state index is 0.226.